The second kappa shape index (κ2) is 17.7. The number of nitrogens with two attached hydrogens (primary N) is 2. The first-order chi connectivity index (χ1) is 32.8. The zero-order valence-electron chi connectivity index (χ0n) is 36.6. The van der Waals surface area contributed by atoms with Gasteiger partial charge in [-0.3, -0.25) is 23.3 Å². The summed E-state index contributed by atoms with van der Waals surface area (Å²) in [5, 5.41) is 15.3. The molecule has 0 bridgehead atoms. The molecule has 0 fully saturated rings. The number of carbonyl (C=O) groups excluding carboxylic acids is 3. The molecule has 6 aromatic rings. The summed E-state index contributed by atoms with van der Waals surface area (Å²) < 4.78 is 90.6. The lowest BCUT2D eigenvalue weighted by Gasteiger charge is -2.37. The van der Waals surface area contributed by atoms with Gasteiger partial charge in [-0.2, -0.15) is 16.8 Å². The quantitative estimate of drug-likeness (QED) is 0.0330. The van der Waals surface area contributed by atoms with E-state index in [9.17, 15) is 40.3 Å². The Bertz CT molecular complexity index is 3330. The minimum Gasteiger partial charge on any atom is -0.497 e. The van der Waals surface area contributed by atoms with E-state index < -0.39 is 76.3 Å². The lowest BCUT2D eigenvalue weighted by atomic mass is 9.77. The second-order valence-corrected chi connectivity index (χ2v) is 19.6. The Morgan fingerprint density at radius 3 is 2.07 bits per heavy atom. The third-order valence-electron chi connectivity index (χ3n) is 12.2. The minimum atomic E-state index is -5.19. The van der Waals surface area contributed by atoms with Crippen LogP contribution in [0.3, 0.4) is 0 Å². The number of esters is 1. The average molecular weight is 996 g/mol. The molecule has 2 amide bonds. The van der Waals surface area contributed by atoms with E-state index in [-0.39, 0.29) is 46.7 Å². The number of methoxy groups -OCH3 is 1. The Morgan fingerprint density at radius 1 is 0.812 bits per heavy atom. The van der Waals surface area contributed by atoms with Crippen LogP contribution in [-0.2, 0) is 35.4 Å². The van der Waals surface area contributed by atoms with Gasteiger partial charge in [0, 0.05) is 58.3 Å². The molecule has 1 atom stereocenters. The number of fused-ring (bicyclic) bond motifs is 9. The molecule has 19 nitrogen and oxygen atoms in total. The maximum absolute atomic E-state index is 13.7. The molecule has 356 valence electrons. The van der Waals surface area contributed by atoms with Crippen molar-refractivity contribution in [3.63, 3.8) is 0 Å². The zero-order valence-corrected chi connectivity index (χ0v) is 39.0. The van der Waals surface area contributed by atoms with Crippen molar-refractivity contribution in [2.75, 3.05) is 31.7 Å². The molecule has 0 saturated carbocycles. The summed E-state index contributed by atoms with van der Waals surface area (Å²) in [6, 6.07) is 22.0. The van der Waals surface area contributed by atoms with Crippen LogP contribution in [-0.4, -0.2) is 78.7 Å². The average Bonchev–Trinajstić information content (AvgIpc) is 3.78. The number of nitrogens with zero attached hydrogens (tertiary/aromatic N) is 3. The number of benzene rings is 5. The molecular weight excluding hydrogens is 954 g/mol. The number of hydrogen-bond acceptors (Lipinski definition) is 14. The maximum atomic E-state index is 13.7. The molecule has 5 aromatic carbocycles. The molecule has 3 aliphatic heterocycles. The molecule has 1 aromatic heterocycles. The van der Waals surface area contributed by atoms with Crippen molar-refractivity contribution in [2.24, 2.45) is 0 Å². The van der Waals surface area contributed by atoms with Gasteiger partial charge in [0.15, 0.2) is 26.9 Å². The Balaban J connectivity index is 0.886. The molecule has 1 spiro atoms. The standard InChI is InChI=1S/C47H42ClN7O12S2/c1-24-53-54-44-27(20-31(25-6-9-28(48)10-7-25)32-23-29(65-2)11-17-38(32)55(24)44)22-39(56)51-18-4-3-5-19-52-45(57)26-8-12-30-35(21-26)47(67-46(30)58)33-13-15-36(49)42(68(59,60)61)40(33)66-41-34(47)14-16-37(50)43(41)69(62,63)64/h6-17,20-21,23,27H,3-5,18-19,22,49-50H2,1-2H3,(H,51,56)(H,52,57)(H,59,60,61)(H,62,63,64)/t27-/m0/s1. The van der Waals surface area contributed by atoms with E-state index in [1.165, 1.54) is 30.3 Å². The summed E-state index contributed by atoms with van der Waals surface area (Å²) in [7, 11) is -8.78. The molecule has 69 heavy (non-hydrogen) atoms. The first-order valence-corrected chi connectivity index (χ1v) is 24.6. The van der Waals surface area contributed by atoms with E-state index in [1.54, 1.807) is 7.11 Å². The van der Waals surface area contributed by atoms with Gasteiger partial charge in [-0.05, 0) is 110 Å². The smallest absolute Gasteiger partial charge is 0.340 e. The maximum Gasteiger partial charge on any atom is 0.340 e. The molecular formula is C47H42ClN7O12S2. The summed E-state index contributed by atoms with van der Waals surface area (Å²) in [6.07, 6.45) is 3.85. The number of ether oxygens (including phenoxy) is 3. The summed E-state index contributed by atoms with van der Waals surface area (Å²) in [5.41, 5.74) is 11.8. The number of hydrogen-bond donors (Lipinski definition) is 6. The number of aromatic nitrogens is 3. The fourth-order valence-electron chi connectivity index (χ4n) is 9.09. The molecule has 4 heterocycles. The normalized spacial score (nSPS) is 15.3. The highest BCUT2D eigenvalue weighted by molar-refractivity contribution is 7.86. The first-order valence-electron chi connectivity index (χ1n) is 21.3. The van der Waals surface area contributed by atoms with Crippen LogP contribution in [0, 0.1) is 6.92 Å². The van der Waals surface area contributed by atoms with E-state index in [4.69, 9.17) is 37.3 Å². The van der Waals surface area contributed by atoms with E-state index in [2.05, 4.69) is 20.8 Å². The number of amides is 2. The Hall–Kier alpha value is -7.30. The number of carbonyl (C=O) groups is 3. The number of aryl methyl sites for hydroxylation is 1. The SMILES string of the molecule is COc1ccc2c(c1)C(c1ccc(Cl)cc1)=C[C@@H](CC(=O)NCCCCCNC(=O)c1ccc3c(c1)C1(OC3=O)c3ccc(N)c(S(=O)(=O)O)c3Oc3c1ccc(N)c3S(=O)(=O)O)c1nnc(C)n1-2. The van der Waals surface area contributed by atoms with E-state index in [0.29, 0.717) is 48.2 Å². The van der Waals surface area contributed by atoms with Gasteiger partial charge in [0.1, 0.15) is 17.4 Å². The molecule has 22 heteroatoms. The van der Waals surface area contributed by atoms with Crippen LogP contribution < -0.4 is 31.6 Å². The van der Waals surface area contributed by atoms with E-state index in [0.717, 1.165) is 34.5 Å². The Labute approximate surface area is 399 Å². The summed E-state index contributed by atoms with van der Waals surface area (Å²) in [4.78, 5) is 38.8. The number of nitrogens with one attached hydrogen (secondary N) is 2. The minimum absolute atomic E-state index is 0.0144. The van der Waals surface area contributed by atoms with Crippen LogP contribution in [0.1, 0.15) is 91.8 Å². The molecule has 0 aliphatic carbocycles. The second-order valence-electron chi connectivity index (χ2n) is 16.5. The Kier molecular flexibility index (Phi) is 12.0. The number of nitrogen functional groups attached to an aromatic ring is 2. The van der Waals surface area contributed by atoms with Gasteiger partial charge in [-0.25, -0.2) is 4.79 Å². The number of unbranched alkanes of at least 4 members (excludes halogenated alkanes) is 2. The number of halogens is 1. The highest BCUT2D eigenvalue weighted by atomic mass is 35.5. The fourth-order valence-corrected chi connectivity index (χ4v) is 10.7. The first kappa shape index (κ1) is 46.8. The van der Waals surface area contributed by atoms with Crippen molar-refractivity contribution in [1.82, 2.24) is 25.4 Å². The van der Waals surface area contributed by atoms with E-state index >= 15 is 0 Å². The lowest BCUT2D eigenvalue weighted by molar-refractivity contribution is -0.121. The van der Waals surface area contributed by atoms with Crippen molar-refractivity contribution in [3.8, 4) is 22.9 Å². The molecule has 0 radical (unpaired) electrons. The summed E-state index contributed by atoms with van der Waals surface area (Å²) in [5.74, 6) is -1.61. The van der Waals surface area contributed by atoms with Crippen LogP contribution in [0.2, 0.25) is 5.02 Å². The number of allylic oxidation sites excluding steroid dienone is 1. The molecule has 9 rings (SSSR count). The van der Waals surface area contributed by atoms with Gasteiger partial charge in [0.05, 0.1) is 29.7 Å². The van der Waals surface area contributed by atoms with Gasteiger partial charge in [-0.1, -0.05) is 29.8 Å². The van der Waals surface area contributed by atoms with E-state index in [1.807, 2.05) is 60.0 Å². The van der Waals surface area contributed by atoms with Crippen LogP contribution >= 0.6 is 11.6 Å². The third-order valence-corrected chi connectivity index (χ3v) is 14.3. The fraction of sp³-hybridized carbons (Fsp3) is 0.213. The molecule has 8 N–H and O–H groups in total. The van der Waals surface area contributed by atoms with Gasteiger partial charge in [0.2, 0.25) is 5.91 Å². The molecule has 0 unspecified atom stereocenters. The van der Waals surface area contributed by atoms with Crippen molar-refractivity contribution in [1.29, 1.82) is 0 Å². The van der Waals surface area contributed by atoms with Gasteiger partial charge >= 0.3 is 5.97 Å². The van der Waals surface area contributed by atoms with Gasteiger partial charge < -0.3 is 36.3 Å². The van der Waals surface area contributed by atoms with Gasteiger partial charge in [0.25, 0.3) is 26.1 Å². The summed E-state index contributed by atoms with van der Waals surface area (Å²) in [6.45, 7) is 2.44. The van der Waals surface area contributed by atoms with Crippen molar-refractivity contribution < 1.29 is 54.5 Å². The highest BCUT2D eigenvalue weighted by Crippen LogP contribution is 2.60. The van der Waals surface area contributed by atoms with Crippen LogP contribution in [0.15, 0.2) is 101 Å². The lowest BCUT2D eigenvalue weighted by Crippen LogP contribution is -2.35. The molecule has 3 aliphatic rings. The Morgan fingerprint density at radius 2 is 1.45 bits per heavy atom. The van der Waals surface area contributed by atoms with Crippen molar-refractivity contribution >= 4 is 66.6 Å². The third kappa shape index (κ3) is 8.30. The monoisotopic (exact) mass is 995 g/mol. The number of anilines is 2. The van der Waals surface area contributed by atoms with Gasteiger partial charge in [-0.15, -0.1) is 10.2 Å². The highest BCUT2D eigenvalue weighted by Gasteiger charge is 2.56. The molecule has 0 saturated heterocycles. The largest absolute Gasteiger partial charge is 0.497 e. The number of rotatable bonds is 13. The zero-order chi connectivity index (χ0) is 49.2. The predicted octanol–water partition coefficient (Wildman–Crippen LogP) is 6.10. The van der Waals surface area contributed by atoms with Crippen molar-refractivity contribution in [2.45, 2.75) is 53.9 Å². The van der Waals surface area contributed by atoms with Crippen LogP contribution in [0.25, 0.3) is 11.3 Å². The van der Waals surface area contributed by atoms with Crippen LogP contribution in [0.4, 0.5) is 11.4 Å². The van der Waals surface area contributed by atoms with Crippen LogP contribution in [0.5, 0.6) is 17.2 Å². The van der Waals surface area contributed by atoms with Crippen molar-refractivity contribution in [3.05, 3.63) is 147 Å². The summed E-state index contributed by atoms with van der Waals surface area (Å²) >= 11 is 6.24. The topological polar surface area (TPSA) is 294 Å². The predicted molar refractivity (Wildman–Crippen MR) is 251 cm³/mol.